The fourth-order valence-electron chi connectivity index (χ4n) is 1.34. The van der Waals surface area contributed by atoms with E-state index >= 15 is 0 Å². The first kappa shape index (κ1) is 12.8. The minimum absolute atomic E-state index is 0.110. The number of carbonyl (C=O) groups excluding carboxylic acids is 1. The van der Waals surface area contributed by atoms with Crippen LogP contribution in [0.5, 0.6) is 0 Å². The Morgan fingerprint density at radius 3 is 2.61 bits per heavy atom. The number of carbonyl (C=O) groups is 1. The van der Waals surface area contributed by atoms with E-state index in [2.05, 4.69) is 10.3 Å². The summed E-state index contributed by atoms with van der Waals surface area (Å²) >= 11 is 11.3. The van der Waals surface area contributed by atoms with E-state index in [9.17, 15) is 9.18 Å². The molecule has 0 aliphatic carbocycles. The van der Waals surface area contributed by atoms with Crippen LogP contribution in [0, 0.1) is 5.82 Å². The summed E-state index contributed by atoms with van der Waals surface area (Å²) in [6.07, 6.45) is 0. The average molecular weight is 285 g/mol. The lowest BCUT2D eigenvalue weighted by Gasteiger charge is -2.06. The normalized spacial score (nSPS) is 10.2. The third-order valence-corrected chi connectivity index (χ3v) is 2.66. The Labute approximate surface area is 113 Å². The molecule has 1 heterocycles. The van der Waals surface area contributed by atoms with E-state index in [0.717, 1.165) is 0 Å². The van der Waals surface area contributed by atoms with Crippen molar-refractivity contribution in [3.05, 3.63) is 58.0 Å². The summed E-state index contributed by atoms with van der Waals surface area (Å²) in [5.74, 6) is -1.16. The van der Waals surface area contributed by atoms with Crippen LogP contribution in [0.1, 0.15) is 10.4 Å². The Morgan fingerprint density at radius 1 is 1.17 bits per heavy atom. The first-order chi connectivity index (χ1) is 8.58. The monoisotopic (exact) mass is 284 g/mol. The average Bonchev–Trinajstić information content (AvgIpc) is 2.32. The van der Waals surface area contributed by atoms with E-state index in [1.54, 1.807) is 18.2 Å². The van der Waals surface area contributed by atoms with E-state index in [-0.39, 0.29) is 21.6 Å². The molecule has 1 aromatic carbocycles. The lowest BCUT2D eigenvalue weighted by molar-refractivity contribution is 0.102. The molecule has 92 valence electrons. The summed E-state index contributed by atoms with van der Waals surface area (Å²) in [5, 5.41) is 2.56. The predicted molar refractivity (Wildman–Crippen MR) is 68.6 cm³/mol. The van der Waals surface area contributed by atoms with E-state index in [0.29, 0.717) is 0 Å². The fraction of sp³-hybridized carbons (Fsp3) is 0. The van der Waals surface area contributed by atoms with Crippen LogP contribution < -0.4 is 5.32 Å². The minimum atomic E-state index is -0.765. The highest BCUT2D eigenvalue weighted by Crippen LogP contribution is 2.19. The van der Waals surface area contributed by atoms with Gasteiger partial charge in [0.05, 0.1) is 10.6 Å². The van der Waals surface area contributed by atoms with Gasteiger partial charge in [0.15, 0.2) is 5.82 Å². The molecule has 3 nitrogen and oxygen atoms in total. The van der Waals surface area contributed by atoms with Crippen molar-refractivity contribution in [2.45, 2.75) is 0 Å². The van der Waals surface area contributed by atoms with Gasteiger partial charge in [-0.3, -0.25) is 4.79 Å². The highest BCUT2D eigenvalue weighted by Gasteiger charge is 2.14. The second-order valence-corrected chi connectivity index (χ2v) is 4.20. The standard InChI is InChI=1S/C12H7Cl2FN2O/c13-8-4-1-3-7(11(8)15)12(18)17-10-6-2-5-9(14)16-10/h1-6H,(H,16,17,18). The quantitative estimate of drug-likeness (QED) is 0.853. The highest BCUT2D eigenvalue weighted by atomic mass is 35.5. The molecule has 2 aromatic rings. The van der Waals surface area contributed by atoms with Gasteiger partial charge >= 0.3 is 0 Å². The zero-order valence-electron chi connectivity index (χ0n) is 8.95. The Kier molecular flexibility index (Phi) is 3.79. The van der Waals surface area contributed by atoms with Gasteiger partial charge in [-0.25, -0.2) is 9.37 Å². The molecule has 6 heteroatoms. The summed E-state index contributed by atoms with van der Waals surface area (Å²) in [6.45, 7) is 0. The number of anilines is 1. The van der Waals surface area contributed by atoms with Crippen LogP contribution in [0.25, 0.3) is 0 Å². The van der Waals surface area contributed by atoms with Gasteiger partial charge in [0, 0.05) is 0 Å². The van der Waals surface area contributed by atoms with Crippen molar-refractivity contribution in [2.75, 3.05) is 5.32 Å². The van der Waals surface area contributed by atoms with Gasteiger partial charge in [-0.05, 0) is 24.3 Å². The van der Waals surface area contributed by atoms with Crippen molar-refractivity contribution in [1.82, 2.24) is 4.98 Å². The molecule has 0 saturated carbocycles. The van der Waals surface area contributed by atoms with Crippen LogP contribution in [-0.4, -0.2) is 10.9 Å². The molecule has 1 amide bonds. The smallest absolute Gasteiger partial charge is 0.259 e. The molecule has 1 N–H and O–H groups in total. The van der Waals surface area contributed by atoms with Crippen LogP contribution in [0.15, 0.2) is 36.4 Å². The second kappa shape index (κ2) is 5.33. The lowest BCUT2D eigenvalue weighted by atomic mass is 10.2. The summed E-state index contributed by atoms with van der Waals surface area (Å²) in [6, 6.07) is 8.93. The SMILES string of the molecule is O=C(Nc1cccc(Cl)n1)c1cccc(Cl)c1F. The van der Waals surface area contributed by atoms with E-state index in [1.165, 1.54) is 18.2 Å². The number of hydrogen-bond acceptors (Lipinski definition) is 2. The molecule has 0 aliphatic heterocycles. The van der Waals surface area contributed by atoms with Crippen molar-refractivity contribution in [1.29, 1.82) is 0 Å². The minimum Gasteiger partial charge on any atom is -0.306 e. The third kappa shape index (κ3) is 2.78. The number of amides is 1. The van der Waals surface area contributed by atoms with Gasteiger partial charge in [-0.2, -0.15) is 0 Å². The molecule has 0 spiro atoms. The topological polar surface area (TPSA) is 42.0 Å². The van der Waals surface area contributed by atoms with Crippen molar-refractivity contribution < 1.29 is 9.18 Å². The number of halogens is 3. The highest BCUT2D eigenvalue weighted by molar-refractivity contribution is 6.31. The van der Waals surface area contributed by atoms with Gasteiger partial charge < -0.3 is 5.32 Å². The number of nitrogens with one attached hydrogen (secondary N) is 1. The molecule has 0 fully saturated rings. The summed E-state index contributed by atoms with van der Waals surface area (Å²) in [5.41, 5.74) is -0.149. The van der Waals surface area contributed by atoms with Gasteiger partial charge in [-0.1, -0.05) is 35.3 Å². The van der Waals surface area contributed by atoms with E-state index in [1.807, 2.05) is 0 Å². The van der Waals surface area contributed by atoms with Gasteiger partial charge in [0.2, 0.25) is 0 Å². The molecule has 0 saturated heterocycles. The second-order valence-electron chi connectivity index (χ2n) is 3.40. The molecule has 0 atom stereocenters. The molecular formula is C12H7Cl2FN2O. The number of hydrogen-bond donors (Lipinski definition) is 1. The van der Waals surface area contributed by atoms with Crippen molar-refractivity contribution in [2.24, 2.45) is 0 Å². The van der Waals surface area contributed by atoms with Crippen molar-refractivity contribution >= 4 is 34.9 Å². The van der Waals surface area contributed by atoms with Crippen LogP contribution in [0.2, 0.25) is 10.2 Å². The largest absolute Gasteiger partial charge is 0.306 e. The van der Waals surface area contributed by atoms with E-state index in [4.69, 9.17) is 23.2 Å². The summed E-state index contributed by atoms with van der Waals surface area (Å²) in [4.78, 5) is 15.7. The number of benzene rings is 1. The maximum atomic E-state index is 13.6. The van der Waals surface area contributed by atoms with E-state index < -0.39 is 11.7 Å². The fourth-order valence-corrected chi connectivity index (χ4v) is 1.68. The predicted octanol–water partition coefficient (Wildman–Crippen LogP) is 3.78. The maximum Gasteiger partial charge on any atom is 0.259 e. The van der Waals surface area contributed by atoms with Crippen LogP contribution >= 0.6 is 23.2 Å². The molecular weight excluding hydrogens is 278 g/mol. The molecule has 1 aromatic heterocycles. The number of aromatic nitrogens is 1. The Morgan fingerprint density at radius 2 is 1.89 bits per heavy atom. The number of nitrogens with zero attached hydrogens (tertiary/aromatic N) is 1. The lowest BCUT2D eigenvalue weighted by Crippen LogP contribution is -2.14. The molecule has 0 bridgehead atoms. The first-order valence-corrected chi connectivity index (χ1v) is 5.71. The zero-order chi connectivity index (χ0) is 13.1. The summed E-state index contributed by atoms with van der Waals surface area (Å²) < 4.78 is 13.6. The van der Waals surface area contributed by atoms with Crippen LogP contribution in [0.4, 0.5) is 10.2 Å². The molecule has 0 unspecified atom stereocenters. The Balaban J connectivity index is 2.25. The molecule has 0 aliphatic rings. The molecule has 0 radical (unpaired) electrons. The maximum absolute atomic E-state index is 13.6. The summed E-state index contributed by atoms with van der Waals surface area (Å²) in [7, 11) is 0. The van der Waals surface area contributed by atoms with Crippen LogP contribution in [-0.2, 0) is 0 Å². The Hall–Kier alpha value is -1.65. The number of rotatable bonds is 2. The van der Waals surface area contributed by atoms with Gasteiger partial charge in [-0.15, -0.1) is 0 Å². The van der Waals surface area contributed by atoms with Gasteiger partial charge in [0.25, 0.3) is 5.91 Å². The molecule has 2 rings (SSSR count). The Bertz CT molecular complexity index is 604. The van der Waals surface area contributed by atoms with Crippen LogP contribution in [0.3, 0.4) is 0 Å². The molecule has 18 heavy (non-hydrogen) atoms. The first-order valence-electron chi connectivity index (χ1n) is 4.96. The number of pyridine rings is 1. The van der Waals surface area contributed by atoms with Crippen molar-refractivity contribution in [3.8, 4) is 0 Å². The van der Waals surface area contributed by atoms with Crippen molar-refractivity contribution in [3.63, 3.8) is 0 Å². The third-order valence-electron chi connectivity index (χ3n) is 2.15. The zero-order valence-corrected chi connectivity index (χ0v) is 10.5. The van der Waals surface area contributed by atoms with Gasteiger partial charge in [0.1, 0.15) is 11.0 Å².